The van der Waals surface area contributed by atoms with Crippen molar-refractivity contribution in [1.82, 2.24) is 0 Å². The molecule has 1 N–H and O–H groups in total. The molecular weight excluding hydrogens is 313 g/mol. The van der Waals surface area contributed by atoms with Crippen LogP contribution in [0.4, 0.5) is 24.5 Å². The van der Waals surface area contributed by atoms with Crippen molar-refractivity contribution in [3.05, 3.63) is 69.8 Å². The van der Waals surface area contributed by atoms with Crippen LogP contribution in [0.25, 0.3) is 0 Å². The fourth-order valence-corrected chi connectivity index (χ4v) is 1.95. The first-order chi connectivity index (χ1) is 10.8. The molecule has 0 radical (unpaired) electrons. The number of para-hydroxylation sites is 1. The molecule has 0 saturated heterocycles. The van der Waals surface area contributed by atoms with Crippen LogP contribution in [-0.4, -0.2) is 17.3 Å². The zero-order valence-corrected chi connectivity index (χ0v) is 11.6. The molecule has 0 bridgehead atoms. The third-order valence-electron chi connectivity index (χ3n) is 3.05. The normalized spacial score (nSPS) is 11.1. The summed E-state index contributed by atoms with van der Waals surface area (Å²) >= 11 is 0. The van der Waals surface area contributed by atoms with Gasteiger partial charge in [0.25, 0.3) is 5.69 Å². The molecule has 0 aliphatic carbocycles. The van der Waals surface area contributed by atoms with Gasteiger partial charge in [0.1, 0.15) is 0 Å². The Morgan fingerprint density at radius 1 is 1.13 bits per heavy atom. The number of rotatable bonds is 5. The summed E-state index contributed by atoms with van der Waals surface area (Å²) in [7, 11) is 0. The minimum atomic E-state index is -4.54. The lowest BCUT2D eigenvalue weighted by molar-refractivity contribution is -0.384. The topological polar surface area (TPSA) is 72.2 Å². The molecule has 0 amide bonds. The molecule has 2 aromatic rings. The van der Waals surface area contributed by atoms with E-state index in [-0.39, 0.29) is 16.9 Å². The number of alkyl halides is 3. The minimum absolute atomic E-state index is 0.0520. The number of anilines is 1. The van der Waals surface area contributed by atoms with Crippen LogP contribution in [0.3, 0.4) is 0 Å². The van der Waals surface area contributed by atoms with E-state index in [9.17, 15) is 28.1 Å². The van der Waals surface area contributed by atoms with Gasteiger partial charge < -0.3 is 5.32 Å². The lowest BCUT2D eigenvalue weighted by atomic mass is 10.1. The van der Waals surface area contributed by atoms with E-state index in [0.717, 1.165) is 12.1 Å². The molecule has 0 aromatic heterocycles. The molecule has 2 aromatic carbocycles. The van der Waals surface area contributed by atoms with Gasteiger partial charge >= 0.3 is 6.18 Å². The maximum atomic E-state index is 12.8. The third kappa shape index (κ3) is 4.06. The Balaban J connectivity index is 2.14. The molecule has 0 spiro atoms. The first kappa shape index (κ1) is 16.5. The molecule has 0 atom stereocenters. The fourth-order valence-electron chi connectivity index (χ4n) is 1.95. The minimum Gasteiger partial charge on any atom is -0.377 e. The molecule has 0 aliphatic rings. The first-order valence-corrected chi connectivity index (χ1v) is 6.47. The second kappa shape index (κ2) is 6.47. The summed E-state index contributed by atoms with van der Waals surface area (Å²) in [4.78, 5) is 22.0. The molecule has 0 unspecified atom stereocenters. The highest BCUT2D eigenvalue weighted by Crippen LogP contribution is 2.34. The molecule has 0 aliphatic heterocycles. The summed E-state index contributed by atoms with van der Waals surface area (Å²) < 4.78 is 38.5. The number of carbonyl (C=O) groups excluding carboxylic acids is 1. The van der Waals surface area contributed by atoms with E-state index >= 15 is 0 Å². The largest absolute Gasteiger partial charge is 0.418 e. The SMILES string of the molecule is O=C(CNc1ccccc1C(F)(F)F)c1cccc([N+](=O)[O-])c1. The van der Waals surface area contributed by atoms with Crippen LogP contribution in [-0.2, 0) is 6.18 Å². The van der Waals surface area contributed by atoms with Crippen LogP contribution >= 0.6 is 0 Å². The van der Waals surface area contributed by atoms with Crippen molar-refractivity contribution in [2.24, 2.45) is 0 Å². The number of halogens is 3. The monoisotopic (exact) mass is 324 g/mol. The average molecular weight is 324 g/mol. The number of nitro benzene ring substituents is 1. The Kier molecular flexibility index (Phi) is 4.63. The van der Waals surface area contributed by atoms with Gasteiger partial charge in [-0.25, -0.2) is 0 Å². The molecule has 23 heavy (non-hydrogen) atoms. The summed E-state index contributed by atoms with van der Waals surface area (Å²) in [6.07, 6.45) is -4.54. The van der Waals surface area contributed by atoms with Crippen molar-refractivity contribution in [3.63, 3.8) is 0 Å². The van der Waals surface area contributed by atoms with E-state index < -0.39 is 29.0 Å². The van der Waals surface area contributed by atoms with E-state index in [0.29, 0.717) is 0 Å². The van der Waals surface area contributed by atoms with Crippen molar-refractivity contribution in [3.8, 4) is 0 Å². The lowest BCUT2D eigenvalue weighted by Gasteiger charge is -2.13. The summed E-state index contributed by atoms with van der Waals surface area (Å²) in [5, 5.41) is 13.1. The highest BCUT2D eigenvalue weighted by Gasteiger charge is 2.33. The van der Waals surface area contributed by atoms with Crippen molar-refractivity contribution in [2.75, 3.05) is 11.9 Å². The quantitative estimate of drug-likeness (QED) is 0.514. The summed E-state index contributed by atoms with van der Waals surface area (Å²) in [6.45, 7) is -0.408. The first-order valence-electron chi connectivity index (χ1n) is 6.47. The maximum Gasteiger partial charge on any atom is 0.418 e. The predicted octanol–water partition coefficient (Wildman–Crippen LogP) is 3.91. The van der Waals surface area contributed by atoms with Gasteiger partial charge in [-0.15, -0.1) is 0 Å². The average Bonchev–Trinajstić information content (AvgIpc) is 2.52. The van der Waals surface area contributed by atoms with Gasteiger partial charge in [-0.05, 0) is 12.1 Å². The Morgan fingerprint density at radius 3 is 2.48 bits per heavy atom. The zero-order valence-electron chi connectivity index (χ0n) is 11.6. The van der Waals surface area contributed by atoms with E-state index in [1.165, 1.54) is 36.4 Å². The number of hydrogen-bond donors (Lipinski definition) is 1. The van der Waals surface area contributed by atoms with Crippen LogP contribution in [0.1, 0.15) is 15.9 Å². The number of Topliss-reactive ketones (excluding diaryl/α,β-unsaturated/α-hetero) is 1. The van der Waals surface area contributed by atoms with Crippen LogP contribution in [0.15, 0.2) is 48.5 Å². The fraction of sp³-hybridized carbons (Fsp3) is 0.133. The molecule has 8 heteroatoms. The van der Waals surface area contributed by atoms with Crippen LogP contribution < -0.4 is 5.32 Å². The standard InChI is InChI=1S/C15H11F3N2O3/c16-15(17,18)12-6-1-2-7-13(12)19-9-14(21)10-4-3-5-11(8-10)20(22)23/h1-8,19H,9H2. The zero-order chi connectivity index (χ0) is 17.0. The Labute approximate surface area is 128 Å². The van der Waals surface area contributed by atoms with Gasteiger partial charge in [0.2, 0.25) is 0 Å². The molecule has 0 saturated carbocycles. The van der Waals surface area contributed by atoms with Crippen molar-refractivity contribution >= 4 is 17.2 Å². The number of non-ortho nitro benzene ring substituents is 1. The van der Waals surface area contributed by atoms with E-state index in [1.807, 2.05) is 0 Å². The molecular formula is C15H11F3N2O3. The number of hydrogen-bond acceptors (Lipinski definition) is 4. The van der Waals surface area contributed by atoms with Crippen LogP contribution in [0.2, 0.25) is 0 Å². The van der Waals surface area contributed by atoms with Crippen molar-refractivity contribution < 1.29 is 22.9 Å². The van der Waals surface area contributed by atoms with Crippen molar-refractivity contribution in [1.29, 1.82) is 0 Å². The second-order valence-corrected chi connectivity index (χ2v) is 4.63. The predicted molar refractivity (Wildman–Crippen MR) is 77.4 cm³/mol. The third-order valence-corrected chi connectivity index (χ3v) is 3.05. The molecule has 2 rings (SSSR count). The smallest absolute Gasteiger partial charge is 0.377 e. The highest BCUT2D eigenvalue weighted by atomic mass is 19.4. The van der Waals surface area contributed by atoms with Gasteiger partial charge in [-0.1, -0.05) is 24.3 Å². The Hall–Kier alpha value is -2.90. The Morgan fingerprint density at radius 2 is 1.83 bits per heavy atom. The summed E-state index contributed by atoms with van der Waals surface area (Å²) in [5.41, 5.74) is -1.31. The van der Waals surface area contributed by atoms with Gasteiger partial charge in [0, 0.05) is 23.4 Å². The maximum absolute atomic E-state index is 12.8. The van der Waals surface area contributed by atoms with E-state index in [4.69, 9.17) is 0 Å². The summed E-state index contributed by atoms with van der Waals surface area (Å²) in [6, 6.07) is 9.79. The van der Waals surface area contributed by atoms with Gasteiger partial charge in [0.05, 0.1) is 17.0 Å². The number of nitrogens with zero attached hydrogens (tertiary/aromatic N) is 1. The lowest BCUT2D eigenvalue weighted by Crippen LogP contribution is -2.17. The molecule has 120 valence electrons. The van der Waals surface area contributed by atoms with E-state index in [2.05, 4.69) is 5.32 Å². The number of nitrogens with one attached hydrogen (secondary N) is 1. The van der Waals surface area contributed by atoms with Crippen LogP contribution in [0.5, 0.6) is 0 Å². The molecule has 5 nitrogen and oxygen atoms in total. The van der Waals surface area contributed by atoms with Crippen molar-refractivity contribution in [2.45, 2.75) is 6.18 Å². The molecule has 0 heterocycles. The van der Waals surface area contributed by atoms with Gasteiger partial charge in [-0.3, -0.25) is 14.9 Å². The van der Waals surface area contributed by atoms with Gasteiger partial charge in [-0.2, -0.15) is 13.2 Å². The van der Waals surface area contributed by atoms with E-state index in [1.54, 1.807) is 0 Å². The highest BCUT2D eigenvalue weighted by molar-refractivity contribution is 5.99. The second-order valence-electron chi connectivity index (χ2n) is 4.63. The Bertz CT molecular complexity index is 745. The molecule has 0 fully saturated rings. The number of ketones is 1. The number of nitro groups is 1. The number of benzene rings is 2. The van der Waals surface area contributed by atoms with Crippen LogP contribution in [0, 0.1) is 10.1 Å². The van der Waals surface area contributed by atoms with Gasteiger partial charge in [0.15, 0.2) is 5.78 Å². The number of carbonyl (C=O) groups is 1. The summed E-state index contributed by atoms with van der Waals surface area (Å²) in [5.74, 6) is -0.550.